The van der Waals surface area contributed by atoms with E-state index in [-0.39, 0.29) is 5.91 Å². The molecule has 0 unspecified atom stereocenters. The van der Waals surface area contributed by atoms with E-state index in [1.807, 2.05) is 39.0 Å². The molecule has 0 aliphatic carbocycles. The summed E-state index contributed by atoms with van der Waals surface area (Å²) in [6.07, 6.45) is 1.25. The third kappa shape index (κ3) is 3.30. The standard InChI is InChI=1S/C13H19BrN2O/c1-4-13(15,5-2)12(17)16-11-8-9(3)6-7-10(11)14/h6-8H,4-5,15H2,1-3H3,(H,16,17). The molecule has 0 heterocycles. The zero-order valence-electron chi connectivity index (χ0n) is 10.5. The molecular weight excluding hydrogens is 280 g/mol. The SMILES string of the molecule is CCC(N)(CC)C(=O)Nc1cc(C)ccc1Br. The first kappa shape index (κ1) is 14.2. The average Bonchev–Trinajstić information content (AvgIpc) is 2.32. The van der Waals surface area contributed by atoms with Crippen LogP contribution >= 0.6 is 15.9 Å². The summed E-state index contributed by atoms with van der Waals surface area (Å²) in [6, 6.07) is 5.82. The molecule has 0 aliphatic heterocycles. The molecule has 1 aromatic carbocycles. The monoisotopic (exact) mass is 298 g/mol. The van der Waals surface area contributed by atoms with Gasteiger partial charge in [0.2, 0.25) is 5.91 Å². The van der Waals surface area contributed by atoms with Gasteiger partial charge in [0.05, 0.1) is 11.2 Å². The fraction of sp³-hybridized carbons (Fsp3) is 0.462. The van der Waals surface area contributed by atoms with E-state index < -0.39 is 5.54 Å². The molecule has 0 radical (unpaired) electrons. The highest BCUT2D eigenvalue weighted by molar-refractivity contribution is 9.10. The maximum absolute atomic E-state index is 12.1. The van der Waals surface area contributed by atoms with Crippen LogP contribution in [0.1, 0.15) is 32.3 Å². The Morgan fingerprint density at radius 3 is 2.53 bits per heavy atom. The normalized spacial score (nSPS) is 11.4. The fourth-order valence-corrected chi connectivity index (χ4v) is 1.90. The lowest BCUT2D eigenvalue weighted by atomic mass is 9.93. The highest BCUT2D eigenvalue weighted by atomic mass is 79.9. The van der Waals surface area contributed by atoms with Crippen LogP contribution in [0.4, 0.5) is 5.69 Å². The molecule has 0 saturated heterocycles. The van der Waals surface area contributed by atoms with Crippen LogP contribution in [0.5, 0.6) is 0 Å². The van der Waals surface area contributed by atoms with Crippen LogP contribution < -0.4 is 11.1 Å². The molecule has 0 fully saturated rings. The van der Waals surface area contributed by atoms with Crippen molar-refractivity contribution in [2.75, 3.05) is 5.32 Å². The lowest BCUT2D eigenvalue weighted by molar-refractivity contribution is -0.121. The average molecular weight is 299 g/mol. The largest absolute Gasteiger partial charge is 0.323 e. The summed E-state index contributed by atoms with van der Waals surface area (Å²) in [5, 5.41) is 2.88. The Bertz CT molecular complexity index is 414. The zero-order valence-corrected chi connectivity index (χ0v) is 12.1. The van der Waals surface area contributed by atoms with Gasteiger partial charge in [0.1, 0.15) is 0 Å². The number of amides is 1. The second kappa shape index (κ2) is 5.65. The van der Waals surface area contributed by atoms with E-state index in [0.717, 1.165) is 15.7 Å². The predicted octanol–water partition coefficient (Wildman–Crippen LogP) is 3.21. The molecule has 0 saturated carbocycles. The van der Waals surface area contributed by atoms with Gasteiger partial charge in [0.15, 0.2) is 0 Å². The van der Waals surface area contributed by atoms with Crippen LogP contribution in [0.2, 0.25) is 0 Å². The number of rotatable bonds is 4. The first-order valence-electron chi connectivity index (χ1n) is 5.79. The van der Waals surface area contributed by atoms with E-state index in [1.165, 1.54) is 0 Å². The molecule has 3 nitrogen and oxygen atoms in total. The van der Waals surface area contributed by atoms with Crippen molar-refractivity contribution in [3.05, 3.63) is 28.2 Å². The summed E-state index contributed by atoms with van der Waals surface area (Å²) in [6.45, 7) is 5.83. The number of benzene rings is 1. The van der Waals surface area contributed by atoms with Crippen molar-refractivity contribution in [3.63, 3.8) is 0 Å². The predicted molar refractivity (Wildman–Crippen MR) is 75.0 cm³/mol. The summed E-state index contributed by atoms with van der Waals surface area (Å²) >= 11 is 3.41. The minimum atomic E-state index is -0.789. The zero-order chi connectivity index (χ0) is 13.1. The van der Waals surface area contributed by atoms with Crippen LogP contribution in [-0.2, 0) is 4.79 Å². The molecule has 1 rings (SSSR count). The number of halogens is 1. The van der Waals surface area contributed by atoms with E-state index in [2.05, 4.69) is 21.2 Å². The number of carbonyl (C=O) groups excluding carboxylic acids is 1. The number of aryl methyl sites for hydroxylation is 1. The van der Waals surface area contributed by atoms with Gasteiger partial charge in [0, 0.05) is 4.47 Å². The van der Waals surface area contributed by atoms with Gasteiger partial charge in [-0.1, -0.05) is 19.9 Å². The maximum atomic E-state index is 12.1. The Kier molecular flexibility index (Phi) is 4.71. The number of nitrogens with one attached hydrogen (secondary N) is 1. The summed E-state index contributed by atoms with van der Waals surface area (Å²) in [4.78, 5) is 12.1. The van der Waals surface area contributed by atoms with Gasteiger partial charge in [0.25, 0.3) is 0 Å². The molecule has 1 amide bonds. The topological polar surface area (TPSA) is 55.1 Å². The molecule has 0 spiro atoms. The number of anilines is 1. The number of hydrogen-bond acceptors (Lipinski definition) is 2. The van der Waals surface area contributed by atoms with E-state index in [9.17, 15) is 4.79 Å². The Morgan fingerprint density at radius 1 is 1.41 bits per heavy atom. The molecule has 3 N–H and O–H groups in total. The summed E-state index contributed by atoms with van der Waals surface area (Å²) < 4.78 is 0.867. The van der Waals surface area contributed by atoms with Crippen LogP contribution in [-0.4, -0.2) is 11.4 Å². The molecule has 0 bridgehead atoms. The minimum Gasteiger partial charge on any atom is -0.323 e. The Balaban J connectivity index is 2.91. The molecular formula is C13H19BrN2O. The van der Waals surface area contributed by atoms with Crippen molar-refractivity contribution in [2.24, 2.45) is 5.73 Å². The third-order valence-electron chi connectivity index (χ3n) is 3.08. The maximum Gasteiger partial charge on any atom is 0.244 e. The Morgan fingerprint density at radius 2 is 2.00 bits per heavy atom. The number of hydrogen-bond donors (Lipinski definition) is 2. The highest BCUT2D eigenvalue weighted by Gasteiger charge is 2.30. The molecule has 0 aliphatic rings. The highest BCUT2D eigenvalue weighted by Crippen LogP contribution is 2.25. The lowest BCUT2D eigenvalue weighted by Crippen LogP contribution is -2.50. The molecule has 17 heavy (non-hydrogen) atoms. The second-order valence-electron chi connectivity index (χ2n) is 4.30. The molecule has 4 heteroatoms. The smallest absolute Gasteiger partial charge is 0.244 e. The van der Waals surface area contributed by atoms with E-state index in [1.54, 1.807) is 0 Å². The molecule has 94 valence electrons. The van der Waals surface area contributed by atoms with Gasteiger partial charge in [-0.05, 0) is 53.4 Å². The summed E-state index contributed by atoms with van der Waals surface area (Å²) in [5.41, 5.74) is 7.13. The first-order chi connectivity index (χ1) is 7.92. The van der Waals surface area contributed by atoms with Crippen molar-refractivity contribution in [1.29, 1.82) is 0 Å². The fourth-order valence-electron chi connectivity index (χ4n) is 1.55. The van der Waals surface area contributed by atoms with Gasteiger partial charge in [-0.25, -0.2) is 0 Å². The summed E-state index contributed by atoms with van der Waals surface area (Å²) in [7, 11) is 0. The van der Waals surface area contributed by atoms with Gasteiger partial charge in [-0.2, -0.15) is 0 Å². The first-order valence-corrected chi connectivity index (χ1v) is 6.58. The molecule has 0 atom stereocenters. The van der Waals surface area contributed by atoms with Crippen LogP contribution in [0, 0.1) is 6.92 Å². The van der Waals surface area contributed by atoms with E-state index in [4.69, 9.17) is 5.73 Å². The lowest BCUT2D eigenvalue weighted by Gasteiger charge is -2.25. The third-order valence-corrected chi connectivity index (χ3v) is 3.78. The molecule has 1 aromatic rings. The van der Waals surface area contributed by atoms with Crippen molar-refractivity contribution in [3.8, 4) is 0 Å². The number of nitrogens with two attached hydrogens (primary N) is 1. The van der Waals surface area contributed by atoms with Crippen LogP contribution in [0.25, 0.3) is 0 Å². The van der Waals surface area contributed by atoms with Crippen molar-refractivity contribution in [1.82, 2.24) is 0 Å². The van der Waals surface area contributed by atoms with Crippen LogP contribution in [0.3, 0.4) is 0 Å². The second-order valence-corrected chi connectivity index (χ2v) is 5.16. The van der Waals surface area contributed by atoms with Gasteiger partial charge in [-0.3, -0.25) is 4.79 Å². The van der Waals surface area contributed by atoms with Crippen molar-refractivity contribution in [2.45, 2.75) is 39.2 Å². The van der Waals surface area contributed by atoms with Crippen LogP contribution in [0.15, 0.2) is 22.7 Å². The minimum absolute atomic E-state index is 0.131. The Hall–Kier alpha value is -0.870. The quantitative estimate of drug-likeness (QED) is 0.897. The van der Waals surface area contributed by atoms with E-state index >= 15 is 0 Å². The van der Waals surface area contributed by atoms with E-state index in [0.29, 0.717) is 12.8 Å². The van der Waals surface area contributed by atoms with Gasteiger partial charge in [-0.15, -0.1) is 0 Å². The van der Waals surface area contributed by atoms with Gasteiger partial charge < -0.3 is 11.1 Å². The number of carbonyl (C=O) groups is 1. The van der Waals surface area contributed by atoms with Crippen molar-refractivity contribution < 1.29 is 4.79 Å². The summed E-state index contributed by atoms with van der Waals surface area (Å²) in [5.74, 6) is -0.131. The van der Waals surface area contributed by atoms with Gasteiger partial charge >= 0.3 is 0 Å². The molecule has 0 aromatic heterocycles. The Labute approximate surface area is 111 Å². The van der Waals surface area contributed by atoms with Crippen molar-refractivity contribution >= 4 is 27.5 Å².